The fourth-order valence-corrected chi connectivity index (χ4v) is 0.790. The first-order chi connectivity index (χ1) is 5.52. The van der Waals surface area contributed by atoms with E-state index in [0.717, 1.165) is 0 Å². The number of hydrogen-bond donors (Lipinski definition) is 0. The molecule has 0 radical (unpaired) electrons. The van der Waals surface area contributed by atoms with Gasteiger partial charge in [0.2, 0.25) is 0 Å². The molecule has 0 atom stereocenters. The summed E-state index contributed by atoms with van der Waals surface area (Å²) in [6.45, 7) is 0. The average molecular weight is 247 g/mol. The van der Waals surface area contributed by atoms with Crippen LogP contribution in [0.2, 0.25) is 10.0 Å². The number of carbonyl (C=O) groups is 1. The van der Waals surface area contributed by atoms with Crippen molar-refractivity contribution in [1.29, 1.82) is 0 Å². The van der Waals surface area contributed by atoms with Crippen LogP contribution < -0.4 is 0 Å². The average Bonchev–Trinajstić information content (AvgIpc) is 1.84. The lowest BCUT2D eigenvalue weighted by atomic mass is 10.5. The molecule has 1 aromatic rings. The van der Waals surface area contributed by atoms with Gasteiger partial charge in [-0.05, 0) is 29.3 Å². The molecule has 0 saturated heterocycles. The molecule has 0 amide bonds. The van der Waals surface area contributed by atoms with Gasteiger partial charge in [0.1, 0.15) is 0 Å². The highest BCUT2D eigenvalue weighted by Crippen LogP contribution is 2.11. The number of carbonyl (C=O) groups excluding carboxylic acids is 1. The molecule has 12 heavy (non-hydrogen) atoms. The molecule has 1 heterocycles. The van der Waals surface area contributed by atoms with Gasteiger partial charge in [0, 0.05) is 12.4 Å². The van der Waals surface area contributed by atoms with Gasteiger partial charge in [-0.2, -0.15) is 0 Å². The Morgan fingerprint density at radius 2 is 1.50 bits per heavy atom. The van der Waals surface area contributed by atoms with Gasteiger partial charge in [0.25, 0.3) is 0 Å². The molecule has 0 unspecified atom stereocenters. The molecule has 0 aliphatic carbocycles. The van der Waals surface area contributed by atoms with Gasteiger partial charge < -0.3 is 0 Å². The Bertz CT molecular complexity index is 244. The van der Waals surface area contributed by atoms with Gasteiger partial charge in [-0.25, -0.2) is 0 Å². The van der Waals surface area contributed by atoms with Crippen LogP contribution >= 0.6 is 46.4 Å². The summed E-state index contributed by atoms with van der Waals surface area (Å²) < 4.78 is -0.889. The summed E-state index contributed by atoms with van der Waals surface area (Å²) in [7, 11) is 0. The molecule has 6 heteroatoms. The number of aromatic nitrogens is 1. The van der Waals surface area contributed by atoms with E-state index in [-0.39, 0.29) is 0 Å². The largest absolute Gasteiger partial charge is 0.313 e. The first-order valence-corrected chi connectivity index (χ1v) is 4.14. The summed E-state index contributed by atoms with van der Waals surface area (Å²) in [6, 6.07) is 1.64. The fraction of sp³-hybridized carbons (Fsp3) is 0. The van der Waals surface area contributed by atoms with Crippen LogP contribution in [0, 0.1) is 0 Å². The highest BCUT2D eigenvalue weighted by Gasteiger charge is 1.86. The van der Waals surface area contributed by atoms with Gasteiger partial charge in [-0.15, -0.1) is 0 Å². The van der Waals surface area contributed by atoms with E-state index in [2.05, 4.69) is 28.2 Å². The molecule has 2 nitrogen and oxygen atoms in total. The Morgan fingerprint density at radius 3 is 1.67 bits per heavy atom. The minimum absolute atomic E-state index is 0.567. The number of hydrogen-bond acceptors (Lipinski definition) is 2. The van der Waals surface area contributed by atoms with Crippen LogP contribution in [-0.2, 0) is 0 Å². The molecule has 0 aliphatic rings. The Balaban J connectivity index is 0.000000261. The Labute approximate surface area is 89.4 Å². The zero-order chi connectivity index (χ0) is 9.56. The topological polar surface area (TPSA) is 30.0 Å². The number of halogens is 4. The SMILES string of the molecule is Clc1cncc(Cl)c1.O=C(Cl)Cl. The number of rotatable bonds is 0. The maximum absolute atomic E-state index is 8.98. The van der Waals surface area contributed by atoms with Crippen molar-refractivity contribution >= 4 is 51.1 Å². The van der Waals surface area contributed by atoms with Crippen molar-refractivity contribution in [2.75, 3.05) is 0 Å². The standard InChI is InChI=1S/C5H3Cl2N.CCl2O/c6-4-1-5(7)3-8-2-4;2-1(3)4/h1-3H;. The van der Waals surface area contributed by atoms with Crippen LogP contribution in [0.25, 0.3) is 0 Å². The first kappa shape index (κ1) is 12.0. The lowest BCUT2D eigenvalue weighted by Gasteiger charge is -1.85. The van der Waals surface area contributed by atoms with Gasteiger partial charge in [-0.3, -0.25) is 9.78 Å². The zero-order valence-corrected chi connectivity index (χ0v) is 8.62. The van der Waals surface area contributed by atoms with Crippen molar-refractivity contribution in [3.63, 3.8) is 0 Å². The van der Waals surface area contributed by atoms with Crippen molar-refractivity contribution in [3.05, 3.63) is 28.5 Å². The Morgan fingerprint density at radius 1 is 1.17 bits per heavy atom. The lowest BCUT2D eigenvalue weighted by molar-refractivity contribution is 0.275. The van der Waals surface area contributed by atoms with E-state index >= 15 is 0 Å². The second-order valence-electron chi connectivity index (χ2n) is 1.55. The molecular weight excluding hydrogens is 244 g/mol. The maximum atomic E-state index is 8.98. The van der Waals surface area contributed by atoms with Crippen LogP contribution in [0.3, 0.4) is 0 Å². The van der Waals surface area contributed by atoms with Crippen molar-refractivity contribution in [2.24, 2.45) is 0 Å². The van der Waals surface area contributed by atoms with Gasteiger partial charge in [0.05, 0.1) is 10.0 Å². The van der Waals surface area contributed by atoms with E-state index in [0.29, 0.717) is 10.0 Å². The van der Waals surface area contributed by atoms with E-state index < -0.39 is 4.70 Å². The molecule has 66 valence electrons. The van der Waals surface area contributed by atoms with Gasteiger partial charge in [0.15, 0.2) is 0 Å². The minimum Gasteiger partial charge on any atom is -0.262 e. The van der Waals surface area contributed by atoms with Crippen molar-refractivity contribution in [1.82, 2.24) is 4.98 Å². The molecule has 0 aromatic carbocycles. The third-order valence-electron chi connectivity index (χ3n) is 0.672. The maximum Gasteiger partial charge on any atom is 0.313 e. The third-order valence-corrected chi connectivity index (χ3v) is 1.08. The molecule has 0 aliphatic heterocycles. The summed E-state index contributed by atoms with van der Waals surface area (Å²) in [6.07, 6.45) is 3.07. The van der Waals surface area contributed by atoms with E-state index in [9.17, 15) is 0 Å². The zero-order valence-electron chi connectivity index (χ0n) is 5.60. The fourth-order valence-electron chi connectivity index (χ4n) is 0.386. The summed E-state index contributed by atoms with van der Waals surface area (Å²) in [5.74, 6) is 0. The normalized spacial score (nSPS) is 8.33. The van der Waals surface area contributed by atoms with E-state index in [1.807, 2.05) is 0 Å². The van der Waals surface area contributed by atoms with Crippen LogP contribution in [0.1, 0.15) is 0 Å². The van der Waals surface area contributed by atoms with Crippen molar-refractivity contribution in [3.8, 4) is 0 Å². The summed E-state index contributed by atoms with van der Waals surface area (Å²) >= 11 is 19.8. The molecule has 0 spiro atoms. The van der Waals surface area contributed by atoms with E-state index in [1.54, 1.807) is 6.07 Å². The smallest absolute Gasteiger partial charge is 0.262 e. The van der Waals surface area contributed by atoms with E-state index in [4.69, 9.17) is 28.0 Å². The molecule has 0 N–H and O–H groups in total. The quantitative estimate of drug-likeness (QED) is 0.649. The van der Waals surface area contributed by atoms with E-state index in [1.165, 1.54) is 12.4 Å². The highest BCUT2D eigenvalue weighted by atomic mass is 35.5. The Hall–Kier alpha value is -0.0200. The Kier molecular flexibility index (Phi) is 6.48. The number of nitrogens with zero attached hydrogens (tertiary/aromatic N) is 1. The predicted molar refractivity (Wildman–Crippen MR) is 51.4 cm³/mol. The summed E-state index contributed by atoms with van der Waals surface area (Å²) in [4.78, 5) is 12.7. The predicted octanol–water partition coefficient (Wildman–Crippen LogP) is 3.97. The molecule has 1 rings (SSSR count). The monoisotopic (exact) mass is 245 g/mol. The molecular formula is C6H3Cl4NO. The molecule has 0 saturated carbocycles. The second-order valence-corrected chi connectivity index (χ2v) is 3.30. The van der Waals surface area contributed by atoms with Crippen LogP contribution in [-0.4, -0.2) is 9.69 Å². The highest BCUT2D eigenvalue weighted by molar-refractivity contribution is 6.93. The molecule has 1 aromatic heterocycles. The first-order valence-electron chi connectivity index (χ1n) is 2.63. The van der Waals surface area contributed by atoms with Crippen molar-refractivity contribution in [2.45, 2.75) is 0 Å². The summed E-state index contributed by atoms with van der Waals surface area (Å²) in [5.41, 5.74) is 0. The van der Waals surface area contributed by atoms with Crippen LogP contribution in [0.4, 0.5) is 4.79 Å². The van der Waals surface area contributed by atoms with Crippen LogP contribution in [0.15, 0.2) is 18.5 Å². The second kappa shape index (κ2) is 6.49. The van der Waals surface area contributed by atoms with Gasteiger partial charge >= 0.3 is 4.70 Å². The number of pyridine rings is 1. The third kappa shape index (κ3) is 8.08. The summed E-state index contributed by atoms with van der Waals surface area (Å²) in [5, 5.41) is 1.13. The van der Waals surface area contributed by atoms with Crippen LogP contribution in [0.5, 0.6) is 0 Å². The minimum atomic E-state index is -0.889. The van der Waals surface area contributed by atoms with Crippen molar-refractivity contribution < 1.29 is 4.79 Å². The molecule has 0 bridgehead atoms. The van der Waals surface area contributed by atoms with Gasteiger partial charge in [-0.1, -0.05) is 23.2 Å². The molecule has 0 fully saturated rings. The lowest BCUT2D eigenvalue weighted by Crippen LogP contribution is -1.68.